The Labute approximate surface area is 176 Å². The molecule has 0 saturated heterocycles. The van der Waals surface area contributed by atoms with Crippen LogP contribution < -0.4 is 10.9 Å². The third-order valence-corrected chi connectivity index (χ3v) is 6.57. The third kappa shape index (κ3) is 3.97. The summed E-state index contributed by atoms with van der Waals surface area (Å²) in [7, 11) is 0. The highest BCUT2D eigenvalue weighted by atomic mass is 32.2. The van der Waals surface area contributed by atoms with Crippen molar-refractivity contribution in [3.8, 4) is 0 Å². The van der Waals surface area contributed by atoms with Gasteiger partial charge >= 0.3 is 0 Å². The van der Waals surface area contributed by atoms with Gasteiger partial charge in [-0.15, -0.1) is 23.1 Å². The zero-order chi connectivity index (χ0) is 20.4. The van der Waals surface area contributed by atoms with Gasteiger partial charge in [0.15, 0.2) is 0 Å². The van der Waals surface area contributed by atoms with Gasteiger partial charge in [0, 0.05) is 10.6 Å². The number of fused-ring (bicyclic) bond motifs is 1. The summed E-state index contributed by atoms with van der Waals surface area (Å²) in [6, 6.07) is 17.4. The molecular weight excluding hydrogens is 402 g/mol. The first-order chi connectivity index (χ1) is 14.1. The lowest BCUT2D eigenvalue weighted by molar-refractivity contribution is 0.103. The number of carbonyl (C=O) groups is 1. The number of aryl methyl sites for hydroxylation is 1. The van der Waals surface area contributed by atoms with Crippen molar-refractivity contribution in [2.45, 2.75) is 18.4 Å². The molecule has 0 radical (unpaired) electrons. The summed E-state index contributed by atoms with van der Waals surface area (Å²) in [6.07, 6.45) is 3.54. The van der Waals surface area contributed by atoms with Crippen molar-refractivity contribution in [3.63, 3.8) is 0 Å². The van der Waals surface area contributed by atoms with Crippen LogP contribution in [0.15, 0.2) is 70.6 Å². The molecule has 1 amide bonds. The SMILES string of the molecule is CSc1cccc(NC(=O)c2sc3ncn(Cc4ccccc4)c(=O)c3c2C)c1. The molecular formula is C22H19N3O2S2. The van der Waals surface area contributed by atoms with Gasteiger partial charge in [0.25, 0.3) is 11.5 Å². The molecule has 146 valence electrons. The Morgan fingerprint density at radius 3 is 2.72 bits per heavy atom. The predicted octanol–water partition coefficient (Wildman–Crippen LogP) is 4.79. The van der Waals surface area contributed by atoms with Crippen LogP contribution in [-0.4, -0.2) is 21.7 Å². The highest BCUT2D eigenvalue weighted by Gasteiger charge is 2.19. The molecule has 0 spiro atoms. The molecule has 0 unspecified atom stereocenters. The minimum Gasteiger partial charge on any atom is -0.321 e. The van der Waals surface area contributed by atoms with Crippen molar-refractivity contribution in [2.75, 3.05) is 11.6 Å². The Balaban J connectivity index is 1.67. The van der Waals surface area contributed by atoms with Crippen molar-refractivity contribution in [3.05, 3.63) is 87.3 Å². The van der Waals surface area contributed by atoms with E-state index >= 15 is 0 Å². The fourth-order valence-electron chi connectivity index (χ4n) is 3.16. The van der Waals surface area contributed by atoms with Crippen molar-refractivity contribution >= 4 is 44.9 Å². The molecule has 0 aliphatic carbocycles. The number of rotatable bonds is 5. The average Bonchev–Trinajstić information content (AvgIpc) is 3.08. The largest absolute Gasteiger partial charge is 0.321 e. The Bertz CT molecular complexity index is 1250. The van der Waals surface area contributed by atoms with Crippen LogP contribution in [0.25, 0.3) is 10.2 Å². The Morgan fingerprint density at radius 2 is 1.97 bits per heavy atom. The number of aromatic nitrogens is 2. The van der Waals surface area contributed by atoms with E-state index in [4.69, 9.17) is 0 Å². The number of benzene rings is 2. The van der Waals surface area contributed by atoms with Crippen LogP contribution in [0, 0.1) is 6.92 Å². The molecule has 2 aromatic carbocycles. The van der Waals surface area contributed by atoms with E-state index in [1.54, 1.807) is 22.7 Å². The van der Waals surface area contributed by atoms with Crippen molar-refractivity contribution in [2.24, 2.45) is 0 Å². The van der Waals surface area contributed by atoms with E-state index in [1.807, 2.05) is 67.8 Å². The van der Waals surface area contributed by atoms with Crippen molar-refractivity contribution in [1.29, 1.82) is 0 Å². The van der Waals surface area contributed by atoms with Gasteiger partial charge in [-0.25, -0.2) is 4.98 Å². The van der Waals surface area contributed by atoms with Gasteiger partial charge in [-0.1, -0.05) is 36.4 Å². The number of thioether (sulfide) groups is 1. The van der Waals surface area contributed by atoms with Gasteiger partial charge in [-0.3, -0.25) is 14.2 Å². The zero-order valence-corrected chi connectivity index (χ0v) is 17.6. The lowest BCUT2D eigenvalue weighted by atomic mass is 10.2. The van der Waals surface area contributed by atoms with Crippen molar-refractivity contribution < 1.29 is 4.79 Å². The summed E-state index contributed by atoms with van der Waals surface area (Å²) < 4.78 is 1.58. The number of amides is 1. The molecule has 4 aromatic rings. The van der Waals surface area contributed by atoms with Gasteiger partial charge in [0.05, 0.1) is 23.1 Å². The minimum atomic E-state index is -0.224. The maximum Gasteiger partial charge on any atom is 0.266 e. The van der Waals surface area contributed by atoms with Gasteiger partial charge in [0.2, 0.25) is 0 Å². The molecule has 0 fully saturated rings. The average molecular weight is 422 g/mol. The molecule has 0 saturated carbocycles. The third-order valence-electron chi connectivity index (χ3n) is 4.65. The van der Waals surface area contributed by atoms with E-state index in [0.717, 1.165) is 16.1 Å². The van der Waals surface area contributed by atoms with Crippen LogP contribution in [0.5, 0.6) is 0 Å². The summed E-state index contributed by atoms with van der Waals surface area (Å²) in [5.74, 6) is -0.224. The van der Waals surface area contributed by atoms with Crippen LogP contribution in [-0.2, 0) is 6.54 Å². The number of hydrogen-bond donors (Lipinski definition) is 1. The lowest BCUT2D eigenvalue weighted by Crippen LogP contribution is -2.21. The minimum absolute atomic E-state index is 0.129. The number of nitrogens with zero attached hydrogens (tertiary/aromatic N) is 2. The molecule has 0 aliphatic rings. The van der Waals surface area contributed by atoms with Crippen LogP contribution in [0.3, 0.4) is 0 Å². The topological polar surface area (TPSA) is 64.0 Å². The second-order valence-electron chi connectivity index (χ2n) is 6.59. The lowest BCUT2D eigenvalue weighted by Gasteiger charge is -2.06. The number of hydrogen-bond acceptors (Lipinski definition) is 5. The van der Waals surface area contributed by atoms with E-state index in [1.165, 1.54) is 11.3 Å². The maximum absolute atomic E-state index is 13.0. The highest BCUT2D eigenvalue weighted by Crippen LogP contribution is 2.28. The van der Waals surface area contributed by atoms with E-state index in [2.05, 4.69) is 10.3 Å². The number of nitrogens with one attached hydrogen (secondary N) is 1. The smallest absolute Gasteiger partial charge is 0.266 e. The Morgan fingerprint density at radius 1 is 1.17 bits per heavy atom. The maximum atomic E-state index is 13.0. The second-order valence-corrected chi connectivity index (χ2v) is 8.46. The molecule has 7 heteroatoms. The fourth-order valence-corrected chi connectivity index (χ4v) is 4.65. The number of thiophene rings is 1. The quantitative estimate of drug-likeness (QED) is 0.471. The predicted molar refractivity (Wildman–Crippen MR) is 120 cm³/mol. The summed E-state index contributed by atoms with van der Waals surface area (Å²) in [5, 5.41) is 3.44. The molecule has 29 heavy (non-hydrogen) atoms. The number of carbonyl (C=O) groups excluding carboxylic acids is 1. The van der Waals surface area contributed by atoms with E-state index in [-0.39, 0.29) is 11.5 Å². The normalized spacial score (nSPS) is 11.0. The Kier molecular flexibility index (Phi) is 5.51. The van der Waals surface area contributed by atoms with Gasteiger partial charge in [-0.2, -0.15) is 0 Å². The molecule has 2 heterocycles. The first-order valence-corrected chi connectivity index (χ1v) is 11.1. The summed E-state index contributed by atoms with van der Waals surface area (Å²) in [6.45, 7) is 2.25. The first-order valence-electron chi connectivity index (χ1n) is 9.04. The first kappa shape index (κ1) is 19.4. The fraction of sp³-hybridized carbons (Fsp3) is 0.136. The highest BCUT2D eigenvalue weighted by molar-refractivity contribution is 7.98. The van der Waals surface area contributed by atoms with Crippen LogP contribution >= 0.6 is 23.1 Å². The van der Waals surface area contributed by atoms with Gasteiger partial charge in [-0.05, 0) is 42.5 Å². The molecule has 1 N–H and O–H groups in total. The second kappa shape index (κ2) is 8.23. The van der Waals surface area contributed by atoms with E-state index in [0.29, 0.717) is 27.2 Å². The van der Waals surface area contributed by atoms with Crippen LogP contribution in [0.1, 0.15) is 20.8 Å². The van der Waals surface area contributed by atoms with E-state index in [9.17, 15) is 9.59 Å². The summed E-state index contributed by atoms with van der Waals surface area (Å²) in [4.78, 5) is 32.5. The van der Waals surface area contributed by atoms with Gasteiger partial charge in [0.1, 0.15) is 4.83 Å². The molecule has 0 aliphatic heterocycles. The summed E-state index contributed by atoms with van der Waals surface area (Å²) in [5.41, 5.74) is 2.29. The van der Waals surface area contributed by atoms with E-state index < -0.39 is 0 Å². The zero-order valence-electron chi connectivity index (χ0n) is 16.0. The molecule has 2 aromatic heterocycles. The molecule has 0 atom stereocenters. The molecule has 0 bridgehead atoms. The molecule has 5 nitrogen and oxygen atoms in total. The standard InChI is InChI=1S/C22H19N3O2S2/c1-14-18-21(23-13-25(22(18)27)12-15-7-4-3-5-8-15)29-19(14)20(26)24-16-9-6-10-17(11-16)28-2/h3-11,13H,12H2,1-2H3,(H,24,26). The van der Waals surface area contributed by atoms with Gasteiger partial charge < -0.3 is 5.32 Å². The van der Waals surface area contributed by atoms with Crippen LogP contribution in [0.2, 0.25) is 0 Å². The van der Waals surface area contributed by atoms with Crippen molar-refractivity contribution in [1.82, 2.24) is 9.55 Å². The molecule has 4 rings (SSSR count). The Hall–Kier alpha value is -2.90. The summed E-state index contributed by atoms with van der Waals surface area (Å²) >= 11 is 2.86. The van der Waals surface area contributed by atoms with Crippen LogP contribution in [0.4, 0.5) is 5.69 Å². The monoisotopic (exact) mass is 421 g/mol. The number of anilines is 1.